The number of fused-ring (bicyclic) bond motifs is 3. The summed E-state index contributed by atoms with van der Waals surface area (Å²) in [7, 11) is 3.98. The van der Waals surface area contributed by atoms with E-state index >= 15 is 0 Å². The summed E-state index contributed by atoms with van der Waals surface area (Å²) in [5.74, 6) is -0.122. The van der Waals surface area contributed by atoms with E-state index in [1.165, 1.54) is 25.7 Å². The largest absolute Gasteiger partial charge is 0.365 e. The summed E-state index contributed by atoms with van der Waals surface area (Å²) < 4.78 is 0. The molecule has 0 aromatic heterocycles. The van der Waals surface area contributed by atoms with Crippen LogP contribution in [0.2, 0.25) is 0 Å². The summed E-state index contributed by atoms with van der Waals surface area (Å²) in [5.41, 5.74) is 2.08. The van der Waals surface area contributed by atoms with Gasteiger partial charge in [0.1, 0.15) is 0 Å². The maximum atomic E-state index is 13.2. The number of anilines is 1. The van der Waals surface area contributed by atoms with Crippen LogP contribution in [0.15, 0.2) is 18.2 Å². The van der Waals surface area contributed by atoms with Crippen molar-refractivity contribution in [2.24, 2.45) is 5.92 Å². The van der Waals surface area contributed by atoms with Gasteiger partial charge in [-0.15, -0.1) is 0 Å². The summed E-state index contributed by atoms with van der Waals surface area (Å²) in [6.07, 6.45) is 5.68. The molecule has 2 aliphatic heterocycles. The van der Waals surface area contributed by atoms with E-state index in [4.69, 9.17) is 0 Å². The number of nitrogens with one attached hydrogen (secondary N) is 1. The van der Waals surface area contributed by atoms with Crippen molar-refractivity contribution >= 4 is 17.3 Å². The summed E-state index contributed by atoms with van der Waals surface area (Å²) in [6.45, 7) is 4.17. The van der Waals surface area contributed by atoms with Crippen molar-refractivity contribution in [3.63, 3.8) is 0 Å². The lowest BCUT2D eigenvalue weighted by molar-refractivity contribution is -0.384. The molecule has 1 saturated heterocycles. The van der Waals surface area contributed by atoms with E-state index in [1.807, 2.05) is 20.2 Å². The minimum Gasteiger partial charge on any atom is -0.365 e. The van der Waals surface area contributed by atoms with E-state index in [1.54, 1.807) is 12.1 Å². The summed E-state index contributed by atoms with van der Waals surface area (Å²) in [5, 5.41) is 14.4. The first-order chi connectivity index (χ1) is 14.4. The summed E-state index contributed by atoms with van der Waals surface area (Å²) in [6, 6.07) is 5.90. The van der Waals surface area contributed by atoms with Gasteiger partial charge in [-0.25, -0.2) is 0 Å². The van der Waals surface area contributed by atoms with Gasteiger partial charge in [-0.05, 0) is 45.0 Å². The SMILES string of the molecule is CN(C)CCNC(=O)[C@@H]1Cc2cc([N+](=O)[O-])ccc2N2CCN(C3CCCC3)C[C@H]12. The van der Waals surface area contributed by atoms with Gasteiger partial charge < -0.3 is 15.1 Å². The number of benzene rings is 1. The average Bonchev–Trinajstić information content (AvgIpc) is 3.26. The molecule has 1 aromatic carbocycles. The molecular formula is C22H33N5O3. The highest BCUT2D eigenvalue weighted by Gasteiger charge is 2.43. The zero-order valence-electron chi connectivity index (χ0n) is 18.0. The molecule has 4 rings (SSSR count). The Balaban J connectivity index is 1.58. The fraction of sp³-hybridized carbons (Fsp3) is 0.682. The molecule has 1 amide bonds. The first kappa shape index (κ1) is 21.1. The van der Waals surface area contributed by atoms with Gasteiger partial charge in [-0.1, -0.05) is 12.8 Å². The van der Waals surface area contributed by atoms with Crippen molar-refractivity contribution in [2.75, 3.05) is 51.7 Å². The second kappa shape index (κ2) is 8.89. The second-order valence-electron chi connectivity index (χ2n) is 9.17. The van der Waals surface area contributed by atoms with Gasteiger partial charge >= 0.3 is 0 Å². The highest BCUT2D eigenvalue weighted by atomic mass is 16.6. The fourth-order valence-electron chi connectivity index (χ4n) is 5.38. The van der Waals surface area contributed by atoms with E-state index in [9.17, 15) is 14.9 Å². The lowest BCUT2D eigenvalue weighted by Crippen LogP contribution is -2.62. The molecule has 1 N–H and O–H groups in total. The Morgan fingerprint density at radius 2 is 2.03 bits per heavy atom. The number of hydrogen-bond donors (Lipinski definition) is 1. The van der Waals surface area contributed by atoms with Crippen LogP contribution >= 0.6 is 0 Å². The molecule has 1 saturated carbocycles. The molecular weight excluding hydrogens is 382 g/mol. The molecule has 8 nitrogen and oxygen atoms in total. The smallest absolute Gasteiger partial charge is 0.269 e. The standard InChI is InChI=1S/C22H33N5O3/c1-24(2)10-9-23-22(28)19-14-16-13-18(27(29)30)7-8-20(16)26-12-11-25(15-21(19)26)17-5-3-4-6-17/h7-8,13,17,19,21H,3-6,9-12,14-15H2,1-2H3,(H,23,28)/t19-,21-/m1/s1. The Bertz CT molecular complexity index is 793. The van der Waals surface area contributed by atoms with Crippen LogP contribution in [0, 0.1) is 16.0 Å². The van der Waals surface area contributed by atoms with Crippen molar-refractivity contribution in [1.29, 1.82) is 0 Å². The normalized spacial score (nSPS) is 24.6. The third-order valence-electron chi connectivity index (χ3n) is 6.97. The van der Waals surface area contributed by atoms with Crippen LogP contribution < -0.4 is 10.2 Å². The fourth-order valence-corrected chi connectivity index (χ4v) is 5.38. The molecule has 0 bridgehead atoms. The van der Waals surface area contributed by atoms with E-state index in [0.29, 0.717) is 19.0 Å². The van der Waals surface area contributed by atoms with Gasteiger partial charge in [0.2, 0.25) is 5.91 Å². The molecule has 0 spiro atoms. The highest BCUT2D eigenvalue weighted by molar-refractivity contribution is 5.82. The number of hydrogen-bond acceptors (Lipinski definition) is 6. The molecule has 1 aliphatic carbocycles. The van der Waals surface area contributed by atoms with Gasteiger partial charge in [0, 0.05) is 56.6 Å². The van der Waals surface area contributed by atoms with Crippen LogP contribution in [-0.2, 0) is 11.2 Å². The maximum Gasteiger partial charge on any atom is 0.269 e. The van der Waals surface area contributed by atoms with Gasteiger partial charge in [-0.3, -0.25) is 19.8 Å². The van der Waals surface area contributed by atoms with Crippen LogP contribution in [0.5, 0.6) is 0 Å². The zero-order chi connectivity index (χ0) is 21.3. The topological polar surface area (TPSA) is 82.0 Å². The predicted octanol–water partition coefficient (Wildman–Crippen LogP) is 1.88. The van der Waals surface area contributed by atoms with Crippen LogP contribution in [0.25, 0.3) is 0 Å². The van der Waals surface area contributed by atoms with Crippen molar-refractivity contribution in [2.45, 2.75) is 44.2 Å². The van der Waals surface area contributed by atoms with Gasteiger partial charge in [0.05, 0.1) is 16.9 Å². The van der Waals surface area contributed by atoms with Crippen molar-refractivity contribution in [3.8, 4) is 0 Å². The molecule has 164 valence electrons. The molecule has 2 heterocycles. The first-order valence-electron chi connectivity index (χ1n) is 11.1. The predicted molar refractivity (Wildman–Crippen MR) is 117 cm³/mol. The molecule has 0 radical (unpaired) electrons. The van der Waals surface area contributed by atoms with Crippen LogP contribution in [0.1, 0.15) is 31.2 Å². The molecule has 2 fully saturated rings. The first-order valence-corrected chi connectivity index (χ1v) is 11.1. The minimum absolute atomic E-state index is 0.0669. The van der Waals surface area contributed by atoms with Gasteiger partial charge in [-0.2, -0.15) is 0 Å². The Hall–Kier alpha value is -2.19. The Kier molecular flexibility index (Phi) is 6.24. The van der Waals surface area contributed by atoms with Crippen molar-refractivity contribution in [3.05, 3.63) is 33.9 Å². The molecule has 0 unspecified atom stereocenters. The lowest BCUT2D eigenvalue weighted by Gasteiger charge is -2.50. The number of nitro groups is 1. The third kappa shape index (κ3) is 4.30. The minimum atomic E-state index is -0.351. The molecule has 2 atom stereocenters. The molecule has 3 aliphatic rings. The van der Waals surface area contributed by atoms with Crippen LogP contribution in [-0.4, -0.2) is 79.5 Å². The van der Waals surface area contributed by atoms with E-state index in [2.05, 4.69) is 20.0 Å². The maximum absolute atomic E-state index is 13.2. The number of amides is 1. The quantitative estimate of drug-likeness (QED) is 0.564. The number of non-ortho nitro benzene ring substituents is 1. The Morgan fingerprint density at radius 1 is 1.27 bits per heavy atom. The number of nitro benzene ring substituents is 1. The number of nitrogens with zero attached hydrogens (tertiary/aromatic N) is 4. The van der Waals surface area contributed by atoms with E-state index in [-0.39, 0.29) is 28.5 Å². The van der Waals surface area contributed by atoms with Gasteiger partial charge in [0.25, 0.3) is 5.69 Å². The highest BCUT2D eigenvalue weighted by Crippen LogP contribution is 2.39. The number of likely N-dealkylation sites (N-methyl/N-ethyl adjacent to an activating group) is 1. The third-order valence-corrected chi connectivity index (χ3v) is 6.97. The number of piperazine rings is 1. The van der Waals surface area contributed by atoms with E-state index < -0.39 is 0 Å². The molecule has 8 heteroatoms. The monoisotopic (exact) mass is 415 g/mol. The van der Waals surface area contributed by atoms with Crippen LogP contribution in [0.4, 0.5) is 11.4 Å². The zero-order valence-corrected chi connectivity index (χ0v) is 18.0. The Morgan fingerprint density at radius 3 is 2.73 bits per heavy atom. The van der Waals surface area contributed by atoms with Gasteiger partial charge in [0.15, 0.2) is 0 Å². The Labute approximate surface area is 178 Å². The second-order valence-corrected chi connectivity index (χ2v) is 9.17. The average molecular weight is 416 g/mol. The van der Waals surface area contributed by atoms with Crippen LogP contribution in [0.3, 0.4) is 0 Å². The number of carbonyl (C=O) groups excluding carboxylic acids is 1. The molecule has 1 aromatic rings. The van der Waals surface area contributed by atoms with Crippen molar-refractivity contribution in [1.82, 2.24) is 15.1 Å². The number of rotatable bonds is 6. The number of carbonyl (C=O) groups is 1. The van der Waals surface area contributed by atoms with E-state index in [0.717, 1.165) is 37.4 Å². The van der Waals surface area contributed by atoms with Crippen molar-refractivity contribution < 1.29 is 9.72 Å². The summed E-state index contributed by atoms with van der Waals surface area (Å²) in [4.78, 5) is 31.1. The summed E-state index contributed by atoms with van der Waals surface area (Å²) >= 11 is 0. The molecule has 30 heavy (non-hydrogen) atoms. The lowest BCUT2D eigenvalue weighted by atomic mass is 9.83.